The van der Waals surface area contributed by atoms with Crippen LogP contribution in [0.1, 0.15) is 23.8 Å². The number of urea groups is 1. The van der Waals surface area contributed by atoms with Crippen LogP contribution in [0.2, 0.25) is 0 Å². The minimum Gasteiger partial charge on any atom is -0.314 e. The molecule has 1 atom stereocenters. The Hall–Kier alpha value is -2.65. The van der Waals surface area contributed by atoms with Crippen LogP contribution >= 0.6 is 0 Å². The second-order valence-electron chi connectivity index (χ2n) is 5.72. The molecule has 1 saturated heterocycles. The van der Waals surface area contributed by atoms with Crippen LogP contribution in [0.25, 0.3) is 5.70 Å². The Labute approximate surface area is 145 Å². The Kier molecular flexibility index (Phi) is 5.15. The predicted octanol–water partition coefficient (Wildman–Crippen LogP) is 1.03. The highest BCUT2D eigenvalue weighted by atomic mass is 16.7. The van der Waals surface area contributed by atoms with Crippen molar-refractivity contribution in [3.63, 3.8) is 0 Å². The fourth-order valence-corrected chi connectivity index (χ4v) is 2.69. The first-order valence-electron chi connectivity index (χ1n) is 8.14. The number of rotatable bonds is 8. The van der Waals surface area contributed by atoms with Crippen molar-refractivity contribution in [3.05, 3.63) is 36.7 Å². The van der Waals surface area contributed by atoms with Gasteiger partial charge in [0.1, 0.15) is 0 Å². The molecule has 0 aromatic carbocycles. The van der Waals surface area contributed by atoms with E-state index in [9.17, 15) is 9.59 Å². The molecule has 3 heterocycles. The average Bonchev–Trinajstić information content (AvgIpc) is 3.18. The highest BCUT2D eigenvalue weighted by molar-refractivity contribution is 5.91. The molecule has 0 spiro atoms. The Morgan fingerprint density at radius 3 is 3.16 bits per heavy atom. The largest absolute Gasteiger partial charge is 0.345 e. The molecule has 1 N–H and O–H groups in total. The maximum atomic E-state index is 12.3. The minimum absolute atomic E-state index is 0.184. The molecule has 9 heteroatoms. The molecule has 1 aromatic rings. The van der Waals surface area contributed by atoms with Gasteiger partial charge in [-0.3, -0.25) is 14.5 Å². The van der Waals surface area contributed by atoms with Crippen molar-refractivity contribution >= 4 is 17.6 Å². The topological polar surface area (TPSA) is 88.9 Å². The minimum atomic E-state index is -0.404. The average molecular weight is 347 g/mol. The molecule has 2 bridgehead atoms. The van der Waals surface area contributed by atoms with Gasteiger partial charge in [0.25, 0.3) is 5.91 Å². The van der Waals surface area contributed by atoms with Gasteiger partial charge in [-0.05, 0) is 18.6 Å². The summed E-state index contributed by atoms with van der Waals surface area (Å²) in [5, 5.41) is 5.62. The van der Waals surface area contributed by atoms with E-state index in [4.69, 9.17) is 9.68 Å². The van der Waals surface area contributed by atoms with Gasteiger partial charge in [-0.15, -0.1) is 6.58 Å². The number of aromatic nitrogens is 2. The van der Waals surface area contributed by atoms with Gasteiger partial charge in [-0.2, -0.15) is 10.2 Å². The predicted molar refractivity (Wildman–Crippen MR) is 89.0 cm³/mol. The van der Waals surface area contributed by atoms with Gasteiger partial charge in [-0.25, -0.2) is 15.0 Å². The third kappa shape index (κ3) is 3.57. The third-order valence-corrected chi connectivity index (χ3v) is 3.82. The van der Waals surface area contributed by atoms with Crippen LogP contribution in [0.15, 0.2) is 31.0 Å². The van der Waals surface area contributed by atoms with Crippen molar-refractivity contribution in [1.82, 2.24) is 25.2 Å². The fourth-order valence-electron chi connectivity index (χ4n) is 2.69. The van der Waals surface area contributed by atoms with Crippen LogP contribution in [0.3, 0.4) is 0 Å². The lowest BCUT2D eigenvalue weighted by Gasteiger charge is -2.21. The van der Waals surface area contributed by atoms with Gasteiger partial charge in [0.2, 0.25) is 0 Å². The van der Waals surface area contributed by atoms with Crippen molar-refractivity contribution < 1.29 is 19.3 Å². The van der Waals surface area contributed by atoms with Gasteiger partial charge in [-0.1, -0.05) is 13.0 Å². The Balaban J connectivity index is 1.70. The summed E-state index contributed by atoms with van der Waals surface area (Å²) >= 11 is 0. The molecule has 0 radical (unpaired) electrons. The molecule has 1 unspecified atom stereocenters. The van der Waals surface area contributed by atoms with E-state index in [-0.39, 0.29) is 24.4 Å². The maximum Gasteiger partial charge on any atom is 0.345 e. The number of amides is 3. The van der Waals surface area contributed by atoms with E-state index in [2.05, 4.69) is 17.2 Å². The summed E-state index contributed by atoms with van der Waals surface area (Å²) in [7, 11) is 0. The van der Waals surface area contributed by atoms with Crippen LogP contribution in [-0.2, 0) is 9.68 Å². The van der Waals surface area contributed by atoms with E-state index in [1.807, 2.05) is 13.0 Å². The van der Waals surface area contributed by atoms with Gasteiger partial charge in [0, 0.05) is 12.7 Å². The lowest BCUT2D eigenvalue weighted by atomic mass is 10.2. The van der Waals surface area contributed by atoms with E-state index < -0.39 is 5.91 Å². The smallest absolute Gasteiger partial charge is 0.314 e. The number of hydrogen-bond donors (Lipinski definition) is 1. The summed E-state index contributed by atoms with van der Waals surface area (Å²) < 4.78 is 1.60. The summed E-state index contributed by atoms with van der Waals surface area (Å²) in [6, 6.07) is 1.23. The summed E-state index contributed by atoms with van der Waals surface area (Å²) in [5.74, 6) is -0.404. The van der Waals surface area contributed by atoms with Crippen molar-refractivity contribution in [2.45, 2.75) is 19.4 Å². The third-order valence-electron chi connectivity index (χ3n) is 3.82. The fraction of sp³-hybridized carbons (Fsp3) is 0.438. The van der Waals surface area contributed by atoms with Crippen molar-refractivity contribution in [3.8, 4) is 0 Å². The van der Waals surface area contributed by atoms with E-state index in [1.165, 1.54) is 5.06 Å². The molecule has 9 nitrogen and oxygen atoms in total. The lowest BCUT2D eigenvalue weighted by Crippen LogP contribution is -2.33. The zero-order valence-corrected chi connectivity index (χ0v) is 14.1. The molecule has 3 amide bonds. The zero-order chi connectivity index (χ0) is 17.8. The number of fused-ring (bicyclic) bond motifs is 2. The molecule has 0 saturated carbocycles. The van der Waals surface area contributed by atoms with E-state index >= 15 is 0 Å². The van der Waals surface area contributed by atoms with Crippen molar-refractivity contribution in [2.24, 2.45) is 0 Å². The highest BCUT2D eigenvalue weighted by Crippen LogP contribution is 2.26. The van der Waals surface area contributed by atoms with Crippen LogP contribution < -0.4 is 5.48 Å². The quantitative estimate of drug-likeness (QED) is 0.431. The summed E-state index contributed by atoms with van der Waals surface area (Å²) in [4.78, 5) is 36.3. The van der Waals surface area contributed by atoms with Crippen molar-refractivity contribution in [1.29, 1.82) is 0 Å². The molecule has 1 aromatic heterocycles. The second kappa shape index (κ2) is 7.49. The molecule has 3 rings (SSSR count). The molecule has 2 aliphatic rings. The number of nitrogens with zero attached hydrogens (tertiary/aromatic N) is 4. The maximum absolute atomic E-state index is 12.3. The first-order valence-corrected chi connectivity index (χ1v) is 8.14. The lowest BCUT2D eigenvalue weighted by molar-refractivity contribution is -0.107. The number of carbonyl (C=O) groups excluding carboxylic acids is 2. The SMILES string of the molecule is C=CCON1C(=O)N2CC(n3ccc(C(=O)NOCCC)n3)=CC1C2. The normalized spacial score (nSPS) is 19.2. The summed E-state index contributed by atoms with van der Waals surface area (Å²) in [6.45, 7) is 7.21. The standard InChI is InChI=1S/C16H21N5O4/c1-3-7-24-18-15(22)14-5-6-20(17-14)12-9-13-11-19(10-12)16(23)21(13)25-8-4-2/h4-6,9,13H,2-3,7-8,10-11H2,1H3,(H,18,22). The molecule has 134 valence electrons. The van der Waals surface area contributed by atoms with Crippen LogP contribution in [-0.4, -0.2) is 64.0 Å². The molecule has 2 aliphatic heterocycles. The Bertz CT molecular complexity index is 698. The summed E-state index contributed by atoms with van der Waals surface area (Å²) in [5.41, 5.74) is 3.40. The van der Waals surface area contributed by atoms with Crippen LogP contribution in [0.4, 0.5) is 4.79 Å². The van der Waals surface area contributed by atoms with E-state index in [0.29, 0.717) is 19.7 Å². The van der Waals surface area contributed by atoms with Gasteiger partial charge in [0.05, 0.1) is 31.5 Å². The first kappa shape index (κ1) is 17.2. The second-order valence-corrected chi connectivity index (χ2v) is 5.72. The van der Waals surface area contributed by atoms with Gasteiger partial charge >= 0.3 is 6.03 Å². The Morgan fingerprint density at radius 1 is 1.56 bits per heavy atom. The number of carbonyl (C=O) groups is 2. The van der Waals surface area contributed by atoms with Crippen molar-refractivity contribution in [2.75, 3.05) is 26.3 Å². The number of nitrogens with one attached hydrogen (secondary N) is 1. The molecule has 25 heavy (non-hydrogen) atoms. The molecular weight excluding hydrogens is 326 g/mol. The van der Waals surface area contributed by atoms with Crippen LogP contribution in [0, 0.1) is 0 Å². The number of hydrogen-bond acceptors (Lipinski definition) is 5. The monoisotopic (exact) mass is 347 g/mol. The van der Waals surface area contributed by atoms with E-state index in [1.54, 1.807) is 27.9 Å². The van der Waals surface area contributed by atoms with Gasteiger partial charge < -0.3 is 4.90 Å². The zero-order valence-electron chi connectivity index (χ0n) is 14.1. The Morgan fingerprint density at radius 2 is 2.40 bits per heavy atom. The van der Waals surface area contributed by atoms with E-state index in [0.717, 1.165) is 12.1 Å². The number of hydroxylamine groups is 3. The first-order chi connectivity index (χ1) is 12.1. The molecule has 0 aliphatic carbocycles. The summed E-state index contributed by atoms with van der Waals surface area (Å²) in [6.07, 6.45) is 6.00. The molecular formula is C16H21N5O4. The van der Waals surface area contributed by atoms with Gasteiger partial charge in [0.15, 0.2) is 5.69 Å². The highest BCUT2D eigenvalue weighted by Gasteiger charge is 2.41. The van der Waals surface area contributed by atoms with Crippen LogP contribution in [0.5, 0.6) is 0 Å². The molecule has 1 fully saturated rings.